The lowest BCUT2D eigenvalue weighted by Gasteiger charge is -2.09. The maximum atomic E-state index is 12.3. The summed E-state index contributed by atoms with van der Waals surface area (Å²) in [6, 6.07) is 5.02. The third-order valence-electron chi connectivity index (χ3n) is 2.67. The fraction of sp³-hybridized carbons (Fsp3) is 0.214. The van der Waals surface area contributed by atoms with Crippen molar-refractivity contribution >= 4 is 5.78 Å². The second-order valence-corrected chi connectivity index (χ2v) is 3.94. The Bertz CT molecular complexity index is 594. The minimum absolute atomic E-state index is 0.230. The number of hydrogen-bond acceptors (Lipinski definition) is 5. The van der Waals surface area contributed by atoms with Crippen LogP contribution in [0.15, 0.2) is 30.6 Å². The number of ether oxygens (including phenoxy) is 2. The Morgan fingerprint density at radius 3 is 2.47 bits per heavy atom. The molecule has 0 amide bonds. The van der Waals surface area contributed by atoms with Gasteiger partial charge in [-0.1, -0.05) is 0 Å². The minimum Gasteiger partial charge on any atom is -0.497 e. The monoisotopic (exact) mass is 258 g/mol. The summed E-state index contributed by atoms with van der Waals surface area (Å²) in [6.45, 7) is 1.81. The van der Waals surface area contributed by atoms with Gasteiger partial charge >= 0.3 is 0 Å². The van der Waals surface area contributed by atoms with E-state index in [0.717, 1.165) is 5.69 Å². The third-order valence-corrected chi connectivity index (χ3v) is 2.67. The van der Waals surface area contributed by atoms with E-state index in [4.69, 9.17) is 9.47 Å². The number of benzene rings is 1. The molecule has 0 N–H and O–H groups in total. The lowest BCUT2D eigenvalue weighted by Crippen LogP contribution is -2.07. The van der Waals surface area contributed by atoms with Gasteiger partial charge in [0, 0.05) is 12.3 Å². The SMILES string of the molecule is COc1ccc(C(=O)c2cnc(C)cn2)c(OC)c1. The molecule has 0 bridgehead atoms. The molecule has 5 nitrogen and oxygen atoms in total. The molecule has 0 aliphatic heterocycles. The lowest BCUT2D eigenvalue weighted by molar-refractivity contribution is 0.103. The molecule has 0 fully saturated rings. The third kappa shape index (κ3) is 2.70. The molecule has 5 heteroatoms. The molecule has 98 valence electrons. The van der Waals surface area contributed by atoms with Crippen LogP contribution >= 0.6 is 0 Å². The first-order valence-corrected chi connectivity index (χ1v) is 5.71. The molecule has 1 aromatic carbocycles. The molecule has 19 heavy (non-hydrogen) atoms. The van der Waals surface area contributed by atoms with E-state index in [1.165, 1.54) is 13.3 Å². The van der Waals surface area contributed by atoms with E-state index in [2.05, 4.69) is 9.97 Å². The summed E-state index contributed by atoms with van der Waals surface area (Å²) in [5.41, 5.74) is 1.48. The predicted molar refractivity (Wildman–Crippen MR) is 69.7 cm³/mol. The van der Waals surface area contributed by atoms with Crippen LogP contribution in [0.1, 0.15) is 21.7 Å². The van der Waals surface area contributed by atoms with Crippen molar-refractivity contribution in [3.8, 4) is 11.5 Å². The summed E-state index contributed by atoms with van der Waals surface area (Å²) in [5.74, 6) is 0.849. The molecular formula is C14H14N2O3. The summed E-state index contributed by atoms with van der Waals surface area (Å²) in [4.78, 5) is 20.5. The lowest BCUT2D eigenvalue weighted by atomic mass is 10.1. The summed E-state index contributed by atoms with van der Waals surface area (Å²) in [5, 5.41) is 0. The Kier molecular flexibility index (Phi) is 3.75. The molecule has 0 saturated heterocycles. The van der Waals surface area contributed by atoms with E-state index in [-0.39, 0.29) is 11.5 Å². The van der Waals surface area contributed by atoms with Gasteiger partial charge in [-0.15, -0.1) is 0 Å². The van der Waals surface area contributed by atoms with Crippen LogP contribution in [0.4, 0.5) is 0 Å². The Balaban J connectivity index is 2.40. The second-order valence-electron chi connectivity index (χ2n) is 3.94. The van der Waals surface area contributed by atoms with Gasteiger partial charge in [-0.05, 0) is 19.1 Å². The van der Waals surface area contributed by atoms with Crippen LogP contribution in [0.2, 0.25) is 0 Å². The highest BCUT2D eigenvalue weighted by Gasteiger charge is 2.16. The normalized spacial score (nSPS) is 10.1. The van der Waals surface area contributed by atoms with Gasteiger partial charge in [-0.3, -0.25) is 9.78 Å². The first kappa shape index (κ1) is 13.0. The molecule has 0 spiro atoms. The van der Waals surface area contributed by atoms with Crippen molar-refractivity contribution < 1.29 is 14.3 Å². The molecule has 0 atom stereocenters. The highest BCUT2D eigenvalue weighted by atomic mass is 16.5. The fourth-order valence-corrected chi connectivity index (χ4v) is 1.63. The summed E-state index contributed by atoms with van der Waals surface area (Å²) in [7, 11) is 3.06. The van der Waals surface area contributed by atoms with Crippen LogP contribution in [0.3, 0.4) is 0 Å². The zero-order valence-electron chi connectivity index (χ0n) is 11.0. The quantitative estimate of drug-likeness (QED) is 0.785. The highest BCUT2D eigenvalue weighted by Crippen LogP contribution is 2.26. The standard InChI is InChI=1S/C14H14N2O3/c1-9-7-16-12(8-15-9)14(17)11-5-4-10(18-2)6-13(11)19-3/h4-8H,1-3H3. The summed E-state index contributed by atoms with van der Waals surface area (Å²) < 4.78 is 10.3. The van der Waals surface area contributed by atoms with Crippen LogP contribution in [0.5, 0.6) is 11.5 Å². The Morgan fingerprint density at radius 1 is 1.11 bits per heavy atom. The smallest absolute Gasteiger partial charge is 0.216 e. The van der Waals surface area contributed by atoms with Crippen LogP contribution in [0.25, 0.3) is 0 Å². The van der Waals surface area contributed by atoms with E-state index < -0.39 is 0 Å². The first-order valence-electron chi connectivity index (χ1n) is 5.71. The second kappa shape index (κ2) is 5.48. The number of methoxy groups -OCH3 is 2. The molecule has 1 aromatic heterocycles. The van der Waals surface area contributed by atoms with Crippen molar-refractivity contribution in [3.05, 3.63) is 47.5 Å². The molecular weight excluding hydrogens is 244 g/mol. The van der Waals surface area contributed by atoms with Gasteiger partial charge in [0.2, 0.25) is 5.78 Å². The Morgan fingerprint density at radius 2 is 1.89 bits per heavy atom. The van der Waals surface area contributed by atoms with E-state index in [1.807, 2.05) is 6.92 Å². The van der Waals surface area contributed by atoms with E-state index in [1.54, 1.807) is 31.5 Å². The average molecular weight is 258 g/mol. The molecule has 2 rings (SSSR count). The van der Waals surface area contributed by atoms with Crippen molar-refractivity contribution in [2.24, 2.45) is 0 Å². The molecule has 0 saturated carbocycles. The topological polar surface area (TPSA) is 61.3 Å². The maximum Gasteiger partial charge on any atom is 0.216 e. The molecule has 2 aromatic rings. The zero-order chi connectivity index (χ0) is 13.8. The van der Waals surface area contributed by atoms with Crippen molar-refractivity contribution in [1.82, 2.24) is 9.97 Å². The molecule has 0 unspecified atom stereocenters. The maximum absolute atomic E-state index is 12.3. The largest absolute Gasteiger partial charge is 0.497 e. The molecule has 0 radical (unpaired) electrons. The van der Waals surface area contributed by atoms with E-state index >= 15 is 0 Å². The predicted octanol–water partition coefficient (Wildman–Crippen LogP) is 2.03. The summed E-state index contributed by atoms with van der Waals surface area (Å²) in [6.07, 6.45) is 3.02. The number of rotatable bonds is 4. The summed E-state index contributed by atoms with van der Waals surface area (Å²) >= 11 is 0. The van der Waals surface area contributed by atoms with E-state index in [0.29, 0.717) is 17.1 Å². The van der Waals surface area contributed by atoms with Crippen molar-refractivity contribution in [3.63, 3.8) is 0 Å². The minimum atomic E-state index is -0.230. The number of carbonyl (C=O) groups excluding carboxylic acids is 1. The molecule has 0 aliphatic rings. The van der Waals surface area contributed by atoms with Crippen LogP contribution < -0.4 is 9.47 Å². The van der Waals surface area contributed by atoms with E-state index in [9.17, 15) is 4.79 Å². The van der Waals surface area contributed by atoms with Crippen LogP contribution in [-0.2, 0) is 0 Å². The number of hydrogen-bond donors (Lipinski definition) is 0. The van der Waals surface area contributed by atoms with Gasteiger partial charge in [0.05, 0.1) is 31.7 Å². The number of aromatic nitrogens is 2. The first-order chi connectivity index (χ1) is 9.15. The molecule has 1 heterocycles. The number of aryl methyl sites for hydroxylation is 1. The van der Waals surface area contributed by atoms with Gasteiger partial charge < -0.3 is 9.47 Å². The molecule has 0 aliphatic carbocycles. The van der Waals surface area contributed by atoms with Crippen molar-refractivity contribution in [2.45, 2.75) is 6.92 Å². The zero-order valence-corrected chi connectivity index (χ0v) is 11.0. The average Bonchev–Trinajstić information content (AvgIpc) is 2.46. The van der Waals surface area contributed by atoms with Crippen molar-refractivity contribution in [1.29, 1.82) is 0 Å². The Labute approximate surface area is 111 Å². The van der Waals surface area contributed by atoms with Crippen molar-refractivity contribution in [2.75, 3.05) is 14.2 Å². The van der Waals surface area contributed by atoms with Gasteiger partial charge in [0.15, 0.2) is 0 Å². The highest BCUT2D eigenvalue weighted by molar-refractivity contribution is 6.09. The van der Waals surface area contributed by atoms with Crippen LogP contribution in [0, 0.1) is 6.92 Å². The van der Waals surface area contributed by atoms with Gasteiger partial charge in [-0.2, -0.15) is 0 Å². The number of carbonyl (C=O) groups is 1. The van der Waals surface area contributed by atoms with Gasteiger partial charge in [0.1, 0.15) is 17.2 Å². The number of nitrogens with zero attached hydrogens (tertiary/aromatic N) is 2. The van der Waals surface area contributed by atoms with Crippen LogP contribution in [-0.4, -0.2) is 30.0 Å². The number of ketones is 1. The fourth-order valence-electron chi connectivity index (χ4n) is 1.63. The van der Waals surface area contributed by atoms with Gasteiger partial charge in [-0.25, -0.2) is 4.98 Å². The van der Waals surface area contributed by atoms with Gasteiger partial charge in [0.25, 0.3) is 0 Å². The Hall–Kier alpha value is -2.43.